The highest BCUT2D eigenvalue weighted by molar-refractivity contribution is 7.12. The molecule has 1 heterocycles. The molecule has 2 N–H and O–H groups in total. The van der Waals surface area contributed by atoms with E-state index in [-0.39, 0.29) is 12.2 Å². The molecule has 0 aliphatic carbocycles. The predicted molar refractivity (Wildman–Crippen MR) is 82.2 cm³/mol. The summed E-state index contributed by atoms with van der Waals surface area (Å²) in [7, 11) is 0. The van der Waals surface area contributed by atoms with Gasteiger partial charge in [0.15, 0.2) is 0 Å². The number of rotatable bonds is 7. The summed E-state index contributed by atoms with van der Waals surface area (Å²) in [5, 5.41) is 12.1. The Morgan fingerprint density at radius 2 is 2.05 bits per heavy atom. The first kappa shape index (κ1) is 15.7. The van der Waals surface area contributed by atoms with Crippen molar-refractivity contribution in [3.05, 3.63) is 57.0 Å². The largest absolute Gasteiger partial charge is 0.481 e. The molecule has 2 aromatic rings. The maximum atomic E-state index is 13.0. The van der Waals surface area contributed by atoms with Gasteiger partial charge < -0.3 is 10.4 Å². The number of benzene rings is 1. The molecule has 0 saturated heterocycles. The van der Waals surface area contributed by atoms with Gasteiger partial charge in [0, 0.05) is 16.3 Å². The van der Waals surface area contributed by atoms with Crippen molar-refractivity contribution in [2.24, 2.45) is 0 Å². The van der Waals surface area contributed by atoms with E-state index in [1.165, 1.54) is 17.4 Å². The number of carboxylic acid groups (broad SMARTS) is 1. The highest BCUT2D eigenvalue weighted by atomic mass is 32.1. The summed E-state index contributed by atoms with van der Waals surface area (Å²) in [5.41, 5.74) is 2.11. The van der Waals surface area contributed by atoms with Crippen LogP contribution in [0.4, 0.5) is 4.39 Å². The summed E-state index contributed by atoms with van der Waals surface area (Å²) in [5.74, 6) is -1.00. The predicted octanol–water partition coefficient (Wildman–Crippen LogP) is 3.16. The number of thiophene rings is 1. The fraction of sp³-hybridized carbons (Fsp3) is 0.312. The second kappa shape index (κ2) is 7.33. The molecule has 3 nitrogen and oxygen atoms in total. The molecule has 0 bridgehead atoms. The standard InChI is InChI=1S/C16H18FNO2S/c1-11-8-13(17)3-2-12(11)6-7-18-10-15-5-4-14(21-15)9-16(19)20/h2-5,8,18H,6-7,9-10H2,1H3,(H,19,20). The molecule has 0 aliphatic rings. The van der Waals surface area contributed by atoms with Gasteiger partial charge in [0.25, 0.3) is 0 Å². The van der Waals surface area contributed by atoms with Gasteiger partial charge in [0.1, 0.15) is 5.82 Å². The Hall–Kier alpha value is -1.72. The lowest BCUT2D eigenvalue weighted by atomic mass is 10.1. The van der Waals surface area contributed by atoms with E-state index in [0.717, 1.165) is 40.4 Å². The lowest BCUT2D eigenvalue weighted by molar-refractivity contribution is -0.136. The lowest BCUT2D eigenvalue weighted by Crippen LogP contribution is -2.16. The topological polar surface area (TPSA) is 49.3 Å². The van der Waals surface area contributed by atoms with Crippen LogP contribution in [0.15, 0.2) is 30.3 Å². The Labute approximate surface area is 127 Å². The molecule has 0 amide bonds. The van der Waals surface area contributed by atoms with Gasteiger partial charge in [-0.05, 0) is 55.3 Å². The second-order valence-electron chi connectivity index (χ2n) is 4.94. The van der Waals surface area contributed by atoms with Crippen LogP contribution in [0, 0.1) is 12.7 Å². The number of aryl methyl sites for hydroxylation is 1. The van der Waals surface area contributed by atoms with Crippen LogP contribution in [0.3, 0.4) is 0 Å². The Bertz CT molecular complexity index is 624. The summed E-state index contributed by atoms with van der Waals surface area (Å²) in [6.45, 7) is 3.44. The number of carbonyl (C=O) groups is 1. The molecule has 0 unspecified atom stereocenters. The first-order chi connectivity index (χ1) is 10.0. The van der Waals surface area contributed by atoms with Crippen molar-refractivity contribution in [2.45, 2.75) is 26.3 Å². The van der Waals surface area contributed by atoms with Crippen molar-refractivity contribution in [3.8, 4) is 0 Å². The van der Waals surface area contributed by atoms with Crippen molar-refractivity contribution >= 4 is 17.3 Å². The number of carboxylic acids is 1. The molecule has 1 aromatic heterocycles. The molecule has 0 saturated carbocycles. The van der Waals surface area contributed by atoms with Crippen molar-refractivity contribution < 1.29 is 14.3 Å². The average Bonchev–Trinajstić information content (AvgIpc) is 2.83. The molecule has 1 aromatic carbocycles. The van der Waals surface area contributed by atoms with E-state index in [4.69, 9.17) is 5.11 Å². The van der Waals surface area contributed by atoms with Gasteiger partial charge in [-0.25, -0.2) is 4.39 Å². The summed E-state index contributed by atoms with van der Waals surface area (Å²) in [6.07, 6.45) is 0.929. The fourth-order valence-electron chi connectivity index (χ4n) is 2.14. The Kier molecular flexibility index (Phi) is 5.47. The zero-order valence-electron chi connectivity index (χ0n) is 11.9. The molecule has 0 spiro atoms. The van der Waals surface area contributed by atoms with Crippen LogP contribution in [-0.2, 0) is 24.2 Å². The molecule has 112 valence electrons. The van der Waals surface area contributed by atoms with Crippen LogP contribution in [-0.4, -0.2) is 17.6 Å². The monoisotopic (exact) mass is 307 g/mol. The van der Waals surface area contributed by atoms with Crippen molar-refractivity contribution in [1.82, 2.24) is 5.32 Å². The summed E-state index contributed by atoms with van der Waals surface area (Å²) in [6, 6.07) is 8.67. The molecule has 0 aliphatic heterocycles. The average molecular weight is 307 g/mol. The first-order valence-corrected chi connectivity index (χ1v) is 7.61. The fourth-order valence-corrected chi connectivity index (χ4v) is 3.11. The third kappa shape index (κ3) is 4.95. The quantitative estimate of drug-likeness (QED) is 0.773. The summed E-state index contributed by atoms with van der Waals surface area (Å²) < 4.78 is 13.0. The van der Waals surface area contributed by atoms with E-state index in [1.54, 1.807) is 6.07 Å². The maximum Gasteiger partial charge on any atom is 0.308 e. The summed E-state index contributed by atoms with van der Waals surface area (Å²) in [4.78, 5) is 12.6. The van der Waals surface area contributed by atoms with Crippen LogP contribution < -0.4 is 5.32 Å². The van der Waals surface area contributed by atoms with Crippen molar-refractivity contribution in [3.63, 3.8) is 0 Å². The van der Waals surface area contributed by atoms with E-state index in [2.05, 4.69) is 5.32 Å². The minimum atomic E-state index is -0.803. The minimum Gasteiger partial charge on any atom is -0.481 e. The van der Waals surface area contributed by atoms with E-state index in [1.807, 2.05) is 25.1 Å². The molecule has 0 atom stereocenters. The van der Waals surface area contributed by atoms with Crippen molar-refractivity contribution in [1.29, 1.82) is 0 Å². The number of hydrogen-bond acceptors (Lipinski definition) is 3. The Balaban J connectivity index is 1.76. The number of halogens is 1. The normalized spacial score (nSPS) is 10.8. The Morgan fingerprint density at radius 1 is 1.29 bits per heavy atom. The minimum absolute atomic E-state index is 0.0828. The third-order valence-electron chi connectivity index (χ3n) is 3.22. The number of aliphatic carboxylic acids is 1. The maximum absolute atomic E-state index is 13.0. The van der Waals surface area contributed by atoms with Crippen LogP contribution in [0.5, 0.6) is 0 Å². The second-order valence-corrected chi connectivity index (χ2v) is 6.19. The molecule has 5 heteroatoms. The Morgan fingerprint density at radius 3 is 2.76 bits per heavy atom. The van der Waals surface area contributed by atoms with Crippen LogP contribution in [0.1, 0.15) is 20.9 Å². The van der Waals surface area contributed by atoms with E-state index >= 15 is 0 Å². The van der Waals surface area contributed by atoms with Gasteiger partial charge in [-0.1, -0.05) is 6.07 Å². The van der Waals surface area contributed by atoms with Gasteiger partial charge in [-0.3, -0.25) is 4.79 Å². The van der Waals surface area contributed by atoms with Crippen LogP contribution in [0.25, 0.3) is 0 Å². The van der Waals surface area contributed by atoms with Crippen LogP contribution >= 0.6 is 11.3 Å². The number of hydrogen-bond donors (Lipinski definition) is 2. The van der Waals surface area contributed by atoms with Crippen LogP contribution in [0.2, 0.25) is 0 Å². The first-order valence-electron chi connectivity index (χ1n) is 6.79. The smallest absolute Gasteiger partial charge is 0.308 e. The zero-order chi connectivity index (χ0) is 15.2. The molecule has 0 radical (unpaired) electrons. The van der Waals surface area contributed by atoms with Gasteiger partial charge in [0.05, 0.1) is 6.42 Å². The zero-order valence-corrected chi connectivity index (χ0v) is 12.7. The van der Waals surface area contributed by atoms with E-state index in [9.17, 15) is 9.18 Å². The molecular weight excluding hydrogens is 289 g/mol. The molecule has 0 fully saturated rings. The molecular formula is C16H18FNO2S. The SMILES string of the molecule is Cc1cc(F)ccc1CCNCc1ccc(CC(=O)O)s1. The van der Waals surface area contributed by atoms with Crippen molar-refractivity contribution in [2.75, 3.05) is 6.54 Å². The molecule has 2 rings (SSSR count). The van der Waals surface area contributed by atoms with Gasteiger partial charge in [-0.2, -0.15) is 0 Å². The third-order valence-corrected chi connectivity index (χ3v) is 4.30. The van der Waals surface area contributed by atoms with Gasteiger partial charge >= 0.3 is 5.97 Å². The molecule has 21 heavy (non-hydrogen) atoms. The van der Waals surface area contributed by atoms with Gasteiger partial charge in [-0.15, -0.1) is 11.3 Å². The summed E-state index contributed by atoms with van der Waals surface area (Å²) >= 11 is 1.52. The van der Waals surface area contributed by atoms with E-state index < -0.39 is 5.97 Å². The highest BCUT2D eigenvalue weighted by Gasteiger charge is 2.05. The lowest BCUT2D eigenvalue weighted by Gasteiger charge is -2.06. The van der Waals surface area contributed by atoms with E-state index in [0.29, 0.717) is 0 Å². The van der Waals surface area contributed by atoms with Gasteiger partial charge in [0.2, 0.25) is 0 Å². The highest BCUT2D eigenvalue weighted by Crippen LogP contribution is 2.17. The number of nitrogens with one attached hydrogen (secondary N) is 1.